The normalized spacial score (nSPS) is 29.2. The molecule has 0 aliphatic carbocycles. The van der Waals surface area contributed by atoms with E-state index in [2.05, 4.69) is 29.1 Å². The van der Waals surface area contributed by atoms with Crippen LogP contribution in [0.5, 0.6) is 0 Å². The first-order valence-corrected chi connectivity index (χ1v) is 8.04. The van der Waals surface area contributed by atoms with Crippen molar-refractivity contribution >= 4 is 0 Å². The van der Waals surface area contributed by atoms with E-state index in [4.69, 9.17) is 4.74 Å². The minimum atomic E-state index is 0.400. The number of nitrogens with one attached hydrogen (secondary N) is 1. The Kier molecular flexibility index (Phi) is 6.57. The van der Waals surface area contributed by atoms with Crippen molar-refractivity contribution in [2.75, 3.05) is 52.9 Å². The summed E-state index contributed by atoms with van der Waals surface area (Å²) >= 11 is 0. The van der Waals surface area contributed by atoms with Gasteiger partial charge in [-0.3, -0.25) is 4.90 Å². The molecule has 2 aliphatic rings. The van der Waals surface area contributed by atoms with Crippen molar-refractivity contribution in [3.63, 3.8) is 0 Å². The van der Waals surface area contributed by atoms with Gasteiger partial charge in [-0.1, -0.05) is 13.3 Å². The summed E-state index contributed by atoms with van der Waals surface area (Å²) in [4.78, 5) is 5.01. The van der Waals surface area contributed by atoms with Crippen molar-refractivity contribution in [2.24, 2.45) is 0 Å². The van der Waals surface area contributed by atoms with Crippen LogP contribution in [-0.2, 0) is 4.74 Å². The minimum Gasteiger partial charge on any atom is -0.374 e. The summed E-state index contributed by atoms with van der Waals surface area (Å²) in [6.45, 7) is 10.1. The highest BCUT2D eigenvalue weighted by Gasteiger charge is 2.23. The lowest BCUT2D eigenvalue weighted by atomic mass is 10.2. The number of nitrogens with zero attached hydrogens (tertiary/aromatic N) is 2. The van der Waals surface area contributed by atoms with Gasteiger partial charge in [-0.05, 0) is 39.4 Å². The number of rotatable bonds is 7. The number of hydrogen-bond donors (Lipinski definition) is 1. The third kappa shape index (κ3) is 5.38. The van der Waals surface area contributed by atoms with Gasteiger partial charge in [0.05, 0.1) is 12.7 Å². The molecule has 112 valence electrons. The van der Waals surface area contributed by atoms with Gasteiger partial charge in [0, 0.05) is 32.2 Å². The Bertz CT molecular complexity index is 244. The maximum Gasteiger partial charge on any atom is 0.0829 e. The summed E-state index contributed by atoms with van der Waals surface area (Å²) in [7, 11) is 2.20. The summed E-state index contributed by atoms with van der Waals surface area (Å²) < 4.78 is 5.92. The Labute approximate surface area is 118 Å². The number of unbranched alkanes of at least 4 members (excludes halogenated alkanes) is 1. The van der Waals surface area contributed by atoms with E-state index in [9.17, 15) is 0 Å². The summed E-state index contributed by atoms with van der Waals surface area (Å²) in [5.74, 6) is 0. The number of morpholine rings is 1. The quantitative estimate of drug-likeness (QED) is 0.751. The standard InChI is InChI=1S/C15H31N3O/c1-3-4-8-18(11-14-6-5-7-16-14)13-15-12-17(2)9-10-19-15/h14-16H,3-13H2,1-2H3. The molecule has 0 amide bonds. The Morgan fingerprint density at radius 3 is 2.95 bits per heavy atom. The summed E-state index contributed by atoms with van der Waals surface area (Å²) in [5, 5.41) is 3.62. The zero-order valence-corrected chi connectivity index (χ0v) is 12.7. The van der Waals surface area contributed by atoms with E-state index in [-0.39, 0.29) is 0 Å². The second kappa shape index (κ2) is 8.20. The molecule has 0 saturated carbocycles. The van der Waals surface area contributed by atoms with Crippen molar-refractivity contribution in [3.05, 3.63) is 0 Å². The summed E-state index contributed by atoms with van der Waals surface area (Å²) in [6.07, 6.45) is 5.66. The van der Waals surface area contributed by atoms with Gasteiger partial charge in [-0.2, -0.15) is 0 Å². The van der Waals surface area contributed by atoms with E-state index >= 15 is 0 Å². The van der Waals surface area contributed by atoms with Crippen molar-refractivity contribution in [2.45, 2.75) is 44.8 Å². The van der Waals surface area contributed by atoms with E-state index in [0.717, 1.165) is 26.2 Å². The molecule has 2 fully saturated rings. The van der Waals surface area contributed by atoms with Gasteiger partial charge in [0.1, 0.15) is 0 Å². The predicted molar refractivity (Wildman–Crippen MR) is 79.6 cm³/mol. The van der Waals surface area contributed by atoms with Crippen LogP contribution in [0.25, 0.3) is 0 Å². The fourth-order valence-electron chi connectivity index (χ4n) is 3.13. The average molecular weight is 269 g/mol. The Morgan fingerprint density at radius 1 is 1.37 bits per heavy atom. The van der Waals surface area contributed by atoms with Crippen LogP contribution in [0.15, 0.2) is 0 Å². The van der Waals surface area contributed by atoms with Gasteiger partial charge in [0.25, 0.3) is 0 Å². The maximum atomic E-state index is 5.92. The molecule has 2 aliphatic heterocycles. The van der Waals surface area contributed by atoms with Crippen LogP contribution in [0, 0.1) is 0 Å². The summed E-state index contributed by atoms with van der Waals surface area (Å²) in [5.41, 5.74) is 0. The molecular weight excluding hydrogens is 238 g/mol. The van der Waals surface area contributed by atoms with Crippen molar-refractivity contribution in [1.82, 2.24) is 15.1 Å². The highest BCUT2D eigenvalue weighted by atomic mass is 16.5. The first-order chi connectivity index (χ1) is 9.28. The topological polar surface area (TPSA) is 27.7 Å². The minimum absolute atomic E-state index is 0.400. The Morgan fingerprint density at radius 2 is 2.26 bits per heavy atom. The van der Waals surface area contributed by atoms with Crippen LogP contribution in [0.2, 0.25) is 0 Å². The molecule has 2 atom stereocenters. The third-order valence-electron chi connectivity index (χ3n) is 4.27. The fraction of sp³-hybridized carbons (Fsp3) is 1.00. The van der Waals surface area contributed by atoms with E-state index in [1.54, 1.807) is 0 Å². The van der Waals surface area contributed by atoms with E-state index in [0.29, 0.717) is 12.1 Å². The van der Waals surface area contributed by atoms with Crippen LogP contribution >= 0.6 is 0 Å². The van der Waals surface area contributed by atoms with Gasteiger partial charge in [-0.25, -0.2) is 0 Å². The molecule has 4 heteroatoms. The molecule has 1 N–H and O–H groups in total. The molecule has 0 aromatic carbocycles. The molecule has 0 aromatic rings. The molecule has 0 aromatic heterocycles. The van der Waals surface area contributed by atoms with Gasteiger partial charge in [0.2, 0.25) is 0 Å². The van der Waals surface area contributed by atoms with Crippen molar-refractivity contribution in [1.29, 1.82) is 0 Å². The zero-order valence-electron chi connectivity index (χ0n) is 12.7. The van der Waals surface area contributed by atoms with Crippen LogP contribution in [0.1, 0.15) is 32.6 Å². The Balaban J connectivity index is 1.77. The third-order valence-corrected chi connectivity index (χ3v) is 4.27. The van der Waals surface area contributed by atoms with Crippen molar-refractivity contribution < 1.29 is 4.74 Å². The number of hydrogen-bond acceptors (Lipinski definition) is 4. The summed E-state index contributed by atoms with van der Waals surface area (Å²) in [6, 6.07) is 0.707. The van der Waals surface area contributed by atoms with Crippen LogP contribution in [0.3, 0.4) is 0 Å². The molecular formula is C15H31N3O. The molecule has 0 spiro atoms. The molecule has 19 heavy (non-hydrogen) atoms. The van der Waals surface area contributed by atoms with Crippen LogP contribution in [0.4, 0.5) is 0 Å². The van der Waals surface area contributed by atoms with Gasteiger partial charge in [0.15, 0.2) is 0 Å². The molecule has 0 radical (unpaired) electrons. The van der Waals surface area contributed by atoms with E-state index in [1.807, 2.05) is 0 Å². The van der Waals surface area contributed by atoms with Crippen LogP contribution in [-0.4, -0.2) is 74.9 Å². The highest BCUT2D eigenvalue weighted by molar-refractivity contribution is 4.80. The molecule has 2 rings (SSSR count). The lowest BCUT2D eigenvalue weighted by molar-refractivity contribution is -0.0365. The molecule has 2 unspecified atom stereocenters. The van der Waals surface area contributed by atoms with Crippen LogP contribution < -0.4 is 5.32 Å². The maximum absolute atomic E-state index is 5.92. The highest BCUT2D eigenvalue weighted by Crippen LogP contribution is 2.11. The second-order valence-electron chi connectivity index (χ2n) is 6.16. The SMILES string of the molecule is CCCCN(CC1CCCN1)CC1CN(C)CCO1. The van der Waals surface area contributed by atoms with Gasteiger partial charge in [-0.15, -0.1) is 0 Å². The second-order valence-corrected chi connectivity index (χ2v) is 6.16. The smallest absolute Gasteiger partial charge is 0.0829 e. The first kappa shape index (κ1) is 15.2. The fourth-order valence-corrected chi connectivity index (χ4v) is 3.13. The van der Waals surface area contributed by atoms with Gasteiger partial charge >= 0.3 is 0 Å². The first-order valence-electron chi connectivity index (χ1n) is 8.04. The van der Waals surface area contributed by atoms with Crippen molar-refractivity contribution in [3.8, 4) is 0 Å². The molecule has 4 nitrogen and oxygen atoms in total. The zero-order chi connectivity index (χ0) is 13.5. The monoisotopic (exact) mass is 269 g/mol. The molecule has 2 heterocycles. The lowest BCUT2D eigenvalue weighted by Gasteiger charge is -2.34. The average Bonchev–Trinajstić information content (AvgIpc) is 2.89. The lowest BCUT2D eigenvalue weighted by Crippen LogP contribution is -2.48. The van der Waals surface area contributed by atoms with Gasteiger partial charge < -0.3 is 15.0 Å². The van der Waals surface area contributed by atoms with E-state index < -0.39 is 0 Å². The predicted octanol–water partition coefficient (Wildman–Crippen LogP) is 1.17. The molecule has 2 saturated heterocycles. The number of ether oxygens (including phenoxy) is 1. The largest absolute Gasteiger partial charge is 0.374 e. The Hall–Kier alpha value is -0.160. The van der Waals surface area contributed by atoms with E-state index in [1.165, 1.54) is 45.3 Å². The number of likely N-dealkylation sites (N-methyl/N-ethyl adjacent to an activating group) is 1. The molecule has 0 bridgehead atoms.